The van der Waals surface area contributed by atoms with E-state index in [0.717, 1.165) is 36.3 Å². The smallest absolute Gasteiger partial charge is 0.259 e. The Morgan fingerprint density at radius 3 is 2.74 bits per heavy atom. The highest BCUT2D eigenvalue weighted by Crippen LogP contribution is 2.32. The first kappa shape index (κ1) is 13.7. The molecular weight excluding hydrogens is 310 g/mol. The molecule has 0 bridgehead atoms. The Kier molecular flexibility index (Phi) is 4.27. The number of nitrogens with zero attached hydrogens (tertiary/aromatic N) is 2. The van der Waals surface area contributed by atoms with Crippen LogP contribution < -0.4 is 10.6 Å². The first-order valence-corrected chi connectivity index (χ1v) is 6.87. The highest BCUT2D eigenvalue weighted by molar-refractivity contribution is 9.10. The van der Waals surface area contributed by atoms with Crippen molar-refractivity contribution < 1.29 is 9.21 Å². The summed E-state index contributed by atoms with van der Waals surface area (Å²) in [6.45, 7) is 1.91. The fraction of sp³-hybridized carbons (Fsp3) is 0.385. The summed E-state index contributed by atoms with van der Waals surface area (Å²) >= 11 is 3.44. The molecule has 6 heteroatoms. The number of carbonyl (C=O) groups excluding carboxylic acids is 1. The van der Waals surface area contributed by atoms with Gasteiger partial charge in [-0.3, -0.25) is 4.79 Å². The summed E-state index contributed by atoms with van der Waals surface area (Å²) in [5.74, 6) is 0.435. The van der Waals surface area contributed by atoms with Gasteiger partial charge in [0, 0.05) is 25.2 Å². The van der Waals surface area contributed by atoms with Crippen LogP contribution in [0, 0.1) is 11.3 Å². The molecule has 0 atom stereocenters. The number of hydrogen-bond acceptors (Lipinski definition) is 4. The molecule has 2 N–H and O–H groups in total. The van der Waals surface area contributed by atoms with Crippen molar-refractivity contribution in [2.24, 2.45) is 5.73 Å². The third-order valence-corrected chi connectivity index (χ3v) is 3.57. The van der Waals surface area contributed by atoms with Crippen LogP contribution in [-0.4, -0.2) is 19.0 Å². The van der Waals surface area contributed by atoms with Crippen molar-refractivity contribution in [3.8, 4) is 6.07 Å². The van der Waals surface area contributed by atoms with Gasteiger partial charge in [-0.1, -0.05) is 0 Å². The number of piperidine rings is 1. The molecule has 1 aliphatic heterocycles. The number of carbonyl (C=O) groups is 1. The van der Waals surface area contributed by atoms with E-state index < -0.39 is 5.91 Å². The van der Waals surface area contributed by atoms with Crippen LogP contribution in [0.3, 0.4) is 0 Å². The summed E-state index contributed by atoms with van der Waals surface area (Å²) in [7, 11) is 0. The van der Waals surface area contributed by atoms with Crippen LogP contribution in [0.1, 0.15) is 25.0 Å². The number of hydrogen-bond donors (Lipinski definition) is 1. The van der Waals surface area contributed by atoms with Crippen molar-refractivity contribution in [3.63, 3.8) is 0 Å². The number of amides is 1. The van der Waals surface area contributed by atoms with Crippen LogP contribution in [0.2, 0.25) is 0 Å². The van der Waals surface area contributed by atoms with Crippen LogP contribution in [0.4, 0.5) is 5.88 Å². The van der Waals surface area contributed by atoms with E-state index in [1.807, 2.05) is 0 Å². The van der Waals surface area contributed by atoms with Gasteiger partial charge in [0.2, 0.25) is 5.88 Å². The zero-order chi connectivity index (χ0) is 13.8. The average Bonchev–Trinajstić information content (AvgIpc) is 2.77. The van der Waals surface area contributed by atoms with Gasteiger partial charge in [0.05, 0.1) is 4.47 Å². The first-order chi connectivity index (χ1) is 9.11. The minimum absolute atomic E-state index is 0.119. The topological polar surface area (TPSA) is 83.3 Å². The van der Waals surface area contributed by atoms with E-state index in [9.17, 15) is 4.79 Å². The van der Waals surface area contributed by atoms with Gasteiger partial charge in [-0.25, -0.2) is 0 Å². The summed E-state index contributed by atoms with van der Waals surface area (Å²) < 4.78 is 6.50. The number of nitrogens with two attached hydrogens (primary N) is 1. The van der Waals surface area contributed by atoms with Crippen molar-refractivity contribution >= 4 is 33.8 Å². The second-order valence-electron chi connectivity index (χ2n) is 4.38. The van der Waals surface area contributed by atoms with Crippen LogP contribution >= 0.6 is 15.9 Å². The molecule has 1 amide bonds. The zero-order valence-electron chi connectivity index (χ0n) is 10.4. The molecule has 19 heavy (non-hydrogen) atoms. The minimum Gasteiger partial charge on any atom is -0.440 e. The Balaban J connectivity index is 2.26. The molecule has 0 aliphatic carbocycles. The molecule has 1 aromatic heterocycles. The predicted molar refractivity (Wildman–Crippen MR) is 75.3 cm³/mol. The SMILES string of the molecule is N#C/C(=C/c1cc(Br)c(N2CCCCC2)o1)C(N)=O. The summed E-state index contributed by atoms with van der Waals surface area (Å²) in [5.41, 5.74) is 4.97. The summed E-state index contributed by atoms with van der Waals surface area (Å²) in [5, 5.41) is 8.80. The first-order valence-electron chi connectivity index (χ1n) is 6.07. The Hall–Kier alpha value is -1.74. The zero-order valence-corrected chi connectivity index (χ0v) is 11.9. The number of furan rings is 1. The number of halogens is 1. The molecule has 1 fully saturated rings. The monoisotopic (exact) mass is 323 g/mol. The van der Waals surface area contributed by atoms with Crippen molar-refractivity contribution in [3.05, 3.63) is 21.9 Å². The fourth-order valence-corrected chi connectivity index (χ4v) is 2.62. The van der Waals surface area contributed by atoms with Crippen molar-refractivity contribution in [2.75, 3.05) is 18.0 Å². The lowest BCUT2D eigenvalue weighted by Crippen LogP contribution is -2.29. The second kappa shape index (κ2) is 5.93. The largest absolute Gasteiger partial charge is 0.440 e. The van der Waals surface area contributed by atoms with Crippen molar-refractivity contribution in [1.29, 1.82) is 5.26 Å². The van der Waals surface area contributed by atoms with E-state index >= 15 is 0 Å². The quantitative estimate of drug-likeness (QED) is 0.684. The standard InChI is InChI=1S/C13H14BrN3O2/c14-11-7-10(6-9(8-15)12(16)18)19-13(11)17-4-2-1-3-5-17/h6-7H,1-5H2,(H2,16,18)/b9-6-. The van der Waals surface area contributed by atoms with Gasteiger partial charge >= 0.3 is 0 Å². The summed E-state index contributed by atoms with van der Waals surface area (Å²) in [6, 6.07) is 3.50. The summed E-state index contributed by atoms with van der Waals surface area (Å²) in [6.07, 6.45) is 4.88. The van der Waals surface area contributed by atoms with Gasteiger partial charge in [0.1, 0.15) is 17.4 Å². The van der Waals surface area contributed by atoms with Crippen molar-refractivity contribution in [1.82, 2.24) is 0 Å². The molecule has 100 valence electrons. The van der Waals surface area contributed by atoms with Crippen molar-refractivity contribution in [2.45, 2.75) is 19.3 Å². The maximum atomic E-state index is 11.0. The highest BCUT2D eigenvalue weighted by Gasteiger charge is 2.18. The number of primary amides is 1. The molecule has 2 heterocycles. The Morgan fingerprint density at radius 1 is 1.47 bits per heavy atom. The molecule has 0 spiro atoms. The normalized spacial score (nSPS) is 16.2. The maximum Gasteiger partial charge on any atom is 0.259 e. The van der Waals surface area contributed by atoms with Crippen LogP contribution in [0.25, 0.3) is 6.08 Å². The average molecular weight is 324 g/mol. The molecule has 0 unspecified atom stereocenters. The van der Waals surface area contributed by atoms with Gasteiger partial charge in [-0.05, 0) is 35.2 Å². The Bertz CT molecular complexity index is 551. The lowest BCUT2D eigenvalue weighted by molar-refractivity contribution is -0.114. The lowest BCUT2D eigenvalue weighted by Gasteiger charge is -2.26. The molecule has 1 saturated heterocycles. The van der Waals surface area contributed by atoms with Gasteiger partial charge in [0.25, 0.3) is 5.91 Å². The van der Waals surface area contributed by atoms with Crippen LogP contribution in [0.15, 0.2) is 20.5 Å². The van der Waals surface area contributed by atoms with Gasteiger partial charge in [0.15, 0.2) is 0 Å². The molecule has 0 aromatic carbocycles. The third kappa shape index (κ3) is 3.18. The van der Waals surface area contributed by atoms with Gasteiger partial charge in [-0.15, -0.1) is 0 Å². The number of anilines is 1. The molecular formula is C13H14BrN3O2. The Labute approximate surface area is 119 Å². The maximum absolute atomic E-state index is 11.0. The lowest BCUT2D eigenvalue weighted by atomic mass is 10.1. The van der Waals surface area contributed by atoms with Gasteiger partial charge < -0.3 is 15.1 Å². The molecule has 5 nitrogen and oxygen atoms in total. The molecule has 1 aliphatic rings. The minimum atomic E-state index is -0.755. The van der Waals surface area contributed by atoms with E-state index in [1.165, 1.54) is 12.5 Å². The fourth-order valence-electron chi connectivity index (χ4n) is 2.06. The highest BCUT2D eigenvalue weighted by atomic mass is 79.9. The third-order valence-electron chi connectivity index (χ3n) is 3.00. The second-order valence-corrected chi connectivity index (χ2v) is 5.24. The summed E-state index contributed by atoms with van der Waals surface area (Å²) in [4.78, 5) is 13.1. The number of nitriles is 1. The van der Waals surface area contributed by atoms with E-state index in [1.54, 1.807) is 12.1 Å². The van der Waals surface area contributed by atoms with Gasteiger partial charge in [-0.2, -0.15) is 5.26 Å². The molecule has 2 rings (SSSR count). The number of rotatable bonds is 3. The van der Waals surface area contributed by atoms with E-state index in [2.05, 4.69) is 20.8 Å². The van der Waals surface area contributed by atoms with E-state index in [-0.39, 0.29) is 5.57 Å². The van der Waals surface area contributed by atoms with E-state index in [0.29, 0.717) is 5.76 Å². The van der Waals surface area contributed by atoms with E-state index in [4.69, 9.17) is 15.4 Å². The molecule has 0 radical (unpaired) electrons. The predicted octanol–water partition coefficient (Wildman–Crippen LogP) is 2.42. The van der Waals surface area contributed by atoms with Crippen LogP contribution in [0.5, 0.6) is 0 Å². The van der Waals surface area contributed by atoms with Crippen LogP contribution in [-0.2, 0) is 4.79 Å². The molecule has 1 aromatic rings. The molecule has 0 saturated carbocycles. The Morgan fingerprint density at radius 2 is 2.16 bits per heavy atom.